The standard InChI is InChI=1S/C53H112O3P2/c1-7-13-19-25-31-37-45-57(46-38-32-26-20-14-8-2,47-39-33-27-21-15-9-3)51-43-55-53(54)56-44-52-58(48-40-34-28-22-16-10-4,49-41-35-29-23-17-11-5)50-42-36-30-24-18-12-6/h57-58H,7-52H2,1-6H3. The second kappa shape index (κ2) is 45.2. The van der Waals surface area contributed by atoms with Gasteiger partial charge in [0.25, 0.3) is 0 Å². The number of rotatable bonds is 48. The maximum atomic E-state index is 13.4. The molecule has 0 aliphatic heterocycles. The van der Waals surface area contributed by atoms with E-state index in [0.717, 1.165) is 12.3 Å². The molecule has 0 bridgehead atoms. The predicted molar refractivity (Wildman–Crippen MR) is 273 cm³/mol. The number of ether oxygens (including phenoxy) is 2. The van der Waals surface area contributed by atoms with E-state index in [-0.39, 0.29) is 6.16 Å². The molecule has 0 saturated carbocycles. The quantitative estimate of drug-likeness (QED) is 0.0347. The summed E-state index contributed by atoms with van der Waals surface area (Å²) >= 11 is 0. The monoisotopic (exact) mass is 859 g/mol. The molecule has 0 aromatic heterocycles. The number of unbranched alkanes of at least 4 members (excludes halogenated alkanes) is 30. The molecule has 0 spiro atoms. The van der Waals surface area contributed by atoms with Crippen molar-refractivity contribution in [2.45, 2.75) is 273 Å². The fraction of sp³-hybridized carbons (Fsp3) is 0.981. The minimum absolute atomic E-state index is 0.358. The van der Waals surface area contributed by atoms with Crippen LogP contribution in [-0.4, -0.2) is 68.7 Å². The van der Waals surface area contributed by atoms with Gasteiger partial charge in [0.05, 0.1) is 0 Å². The molecule has 0 aromatic rings. The molecule has 58 heavy (non-hydrogen) atoms. The van der Waals surface area contributed by atoms with Crippen molar-refractivity contribution in [2.24, 2.45) is 0 Å². The number of hydrogen-bond acceptors (Lipinski definition) is 3. The Balaban J connectivity index is 5.63. The molecule has 0 aliphatic rings. The zero-order valence-corrected chi connectivity index (χ0v) is 43.3. The van der Waals surface area contributed by atoms with Crippen molar-refractivity contribution in [3.8, 4) is 0 Å². The van der Waals surface area contributed by atoms with Crippen LogP contribution in [0, 0.1) is 0 Å². The molecule has 0 atom stereocenters. The van der Waals surface area contributed by atoms with Crippen LogP contribution in [0.4, 0.5) is 4.79 Å². The van der Waals surface area contributed by atoms with Crippen molar-refractivity contribution in [1.29, 1.82) is 0 Å². The zero-order chi connectivity index (χ0) is 42.5. The Hall–Kier alpha value is 0.130. The van der Waals surface area contributed by atoms with Gasteiger partial charge < -0.3 is 0 Å². The first-order chi connectivity index (χ1) is 28.5. The fourth-order valence-electron chi connectivity index (χ4n) is 9.93. The van der Waals surface area contributed by atoms with Gasteiger partial charge >= 0.3 is 370 Å². The first-order valence-electron chi connectivity index (χ1n) is 27.3. The van der Waals surface area contributed by atoms with E-state index in [4.69, 9.17) is 9.47 Å². The molecule has 0 heterocycles. The molecule has 0 fully saturated rings. The van der Waals surface area contributed by atoms with Crippen LogP contribution in [-0.2, 0) is 9.47 Å². The summed E-state index contributed by atoms with van der Waals surface area (Å²) < 4.78 is 12.2. The molecule has 0 radical (unpaired) electrons. The molecule has 0 N–H and O–H groups in total. The van der Waals surface area contributed by atoms with Gasteiger partial charge in [0.15, 0.2) is 0 Å². The molecule has 0 unspecified atom stereocenters. The van der Waals surface area contributed by atoms with Gasteiger partial charge in [-0.15, -0.1) is 0 Å². The molecule has 0 aliphatic carbocycles. The molecule has 3 nitrogen and oxygen atoms in total. The summed E-state index contributed by atoms with van der Waals surface area (Å²) in [5.74, 6) is 0. The Kier molecular flexibility index (Phi) is 45.3. The number of carbonyl (C=O) groups excluding carboxylic acids is 1. The van der Waals surface area contributed by atoms with Gasteiger partial charge in [0, 0.05) is 0 Å². The minimum atomic E-state index is -1.54. The molecule has 352 valence electrons. The normalized spacial score (nSPS) is 12.7. The van der Waals surface area contributed by atoms with E-state index in [0.29, 0.717) is 13.2 Å². The summed E-state index contributed by atoms with van der Waals surface area (Å²) in [6, 6.07) is 0. The molecule has 5 heteroatoms. The second-order valence-corrected chi connectivity index (χ2v) is 29.6. The van der Waals surface area contributed by atoms with E-state index in [1.165, 1.54) is 268 Å². The average molecular weight is 859 g/mol. The van der Waals surface area contributed by atoms with Crippen LogP contribution >= 0.6 is 14.5 Å². The first-order valence-corrected chi connectivity index (χ1v) is 32.9. The third-order valence-electron chi connectivity index (χ3n) is 14.1. The molecular formula is C53H112O3P2. The SMILES string of the molecule is CCCCCCCC[PH](CCCCCCCC)(CCCCCCCC)CCOC(=O)OCC[PH](CCCCCCCC)(CCCCCCCC)CCCCCCCC. The zero-order valence-electron chi connectivity index (χ0n) is 41.3. The van der Waals surface area contributed by atoms with Gasteiger partial charge in [0.2, 0.25) is 0 Å². The Morgan fingerprint density at radius 1 is 0.259 bits per heavy atom. The predicted octanol–water partition coefficient (Wildman–Crippen LogP) is 18.8. The van der Waals surface area contributed by atoms with Crippen molar-refractivity contribution in [2.75, 3.05) is 62.5 Å². The summed E-state index contributed by atoms with van der Waals surface area (Å²) in [7, 11) is -3.07. The van der Waals surface area contributed by atoms with Crippen LogP contribution in [0.1, 0.15) is 273 Å². The van der Waals surface area contributed by atoms with E-state index in [2.05, 4.69) is 41.5 Å². The van der Waals surface area contributed by atoms with Gasteiger partial charge in [0.1, 0.15) is 0 Å². The van der Waals surface area contributed by atoms with E-state index in [9.17, 15) is 4.79 Å². The Morgan fingerprint density at radius 2 is 0.431 bits per heavy atom. The van der Waals surface area contributed by atoms with E-state index < -0.39 is 14.5 Å². The molecule has 0 rings (SSSR count). The van der Waals surface area contributed by atoms with E-state index >= 15 is 0 Å². The third-order valence-corrected chi connectivity index (χ3v) is 25.1. The van der Waals surface area contributed by atoms with Gasteiger partial charge in [-0.2, -0.15) is 0 Å². The van der Waals surface area contributed by atoms with Crippen LogP contribution < -0.4 is 0 Å². The number of hydrogen-bond donors (Lipinski definition) is 0. The van der Waals surface area contributed by atoms with Gasteiger partial charge in [-0.05, 0) is 0 Å². The first kappa shape index (κ1) is 58.1. The molecule has 0 amide bonds. The maximum absolute atomic E-state index is 13.4. The Morgan fingerprint density at radius 3 is 0.621 bits per heavy atom. The topological polar surface area (TPSA) is 35.5 Å². The second-order valence-electron chi connectivity index (χ2n) is 19.6. The van der Waals surface area contributed by atoms with Crippen LogP contribution in [0.25, 0.3) is 0 Å². The fourth-order valence-corrected chi connectivity index (χ4v) is 20.0. The van der Waals surface area contributed by atoms with Crippen LogP contribution in [0.3, 0.4) is 0 Å². The molecule has 0 aromatic carbocycles. The Bertz CT molecular complexity index is 674. The van der Waals surface area contributed by atoms with Crippen LogP contribution in [0.2, 0.25) is 0 Å². The summed E-state index contributed by atoms with van der Waals surface area (Å²) in [5, 5.41) is 0. The Labute approximate surface area is 368 Å². The average Bonchev–Trinajstić information content (AvgIpc) is 3.22. The summed E-state index contributed by atoms with van der Waals surface area (Å²) in [6.07, 6.45) is 60.4. The van der Waals surface area contributed by atoms with Crippen LogP contribution in [0.5, 0.6) is 0 Å². The molecular weight excluding hydrogens is 747 g/mol. The summed E-state index contributed by atoms with van der Waals surface area (Å²) in [5.41, 5.74) is 0. The van der Waals surface area contributed by atoms with Crippen molar-refractivity contribution < 1.29 is 14.3 Å². The molecule has 0 saturated heterocycles. The summed E-state index contributed by atoms with van der Waals surface area (Å²) in [4.78, 5) is 13.4. The van der Waals surface area contributed by atoms with Gasteiger partial charge in [-0.25, -0.2) is 0 Å². The van der Waals surface area contributed by atoms with Crippen molar-refractivity contribution in [1.82, 2.24) is 0 Å². The summed E-state index contributed by atoms with van der Waals surface area (Å²) in [6.45, 7) is 15.1. The van der Waals surface area contributed by atoms with Crippen molar-refractivity contribution >= 4 is 20.7 Å². The van der Waals surface area contributed by atoms with E-state index in [1.807, 2.05) is 0 Å². The number of carbonyl (C=O) groups is 1. The van der Waals surface area contributed by atoms with Crippen LogP contribution in [0.15, 0.2) is 0 Å². The third kappa shape index (κ3) is 36.8. The van der Waals surface area contributed by atoms with Crippen molar-refractivity contribution in [3.05, 3.63) is 0 Å². The van der Waals surface area contributed by atoms with Gasteiger partial charge in [-0.1, -0.05) is 0 Å². The van der Waals surface area contributed by atoms with Crippen molar-refractivity contribution in [3.63, 3.8) is 0 Å². The van der Waals surface area contributed by atoms with E-state index in [1.54, 1.807) is 0 Å². The van der Waals surface area contributed by atoms with Gasteiger partial charge in [-0.3, -0.25) is 0 Å².